The van der Waals surface area contributed by atoms with Gasteiger partial charge in [0.25, 0.3) is 0 Å². The molecule has 0 spiro atoms. The summed E-state index contributed by atoms with van der Waals surface area (Å²) < 4.78 is 9.74. The summed E-state index contributed by atoms with van der Waals surface area (Å²) in [5.41, 5.74) is 8.09. The Hall–Kier alpha value is -5.62. The number of para-hydroxylation sites is 1. The van der Waals surface area contributed by atoms with Gasteiger partial charge in [-0.05, 0) is 100 Å². The van der Waals surface area contributed by atoms with Gasteiger partial charge in [-0.2, -0.15) is 4.37 Å². The topological polar surface area (TPSA) is 30.7 Å². The molecule has 0 amide bonds. The summed E-state index contributed by atoms with van der Waals surface area (Å²) in [4.78, 5) is 4.92. The van der Waals surface area contributed by atoms with E-state index in [0.717, 1.165) is 27.6 Å². The molecule has 10 aromatic rings. The predicted molar refractivity (Wildman–Crippen MR) is 201 cm³/mol. The second-order valence-corrected chi connectivity index (χ2v) is 13.8. The van der Waals surface area contributed by atoms with Crippen LogP contribution in [-0.4, -0.2) is 13.9 Å². The van der Waals surface area contributed by atoms with Gasteiger partial charge < -0.3 is 4.57 Å². The van der Waals surface area contributed by atoms with Crippen LogP contribution in [0.1, 0.15) is 0 Å². The van der Waals surface area contributed by atoms with E-state index in [9.17, 15) is 0 Å². The highest BCUT2D eigenvalue weighted by Crippen LogP contribution is 2.39. The number of benzene rings is 7. The van der Waals surface area contributed by atoms with Crippen LogP contribution in [0.15, 0.2) is 152 Å². The summed E-state index contributed by atoms with van der Waals surface area (Å²) >= 11 is 3.31. The standard InChI is InChI=1S/C42H25N3S2/c1-2-8-28-23-31(14-13-26(28)7-1)41-43-42(47-44-41)27-15-19-32(20-16-27)45-37-11-5-3-9-33(37)35-24-29(17-21-38(35)45)30-18-22-40-36(25-30)34-10-4-6-12-39(34)46-40/h1-25H. The average molecular weight is 636 g/mol. The van der Waals surface area contributed by atoms with Gasteiger partial charge in [-0.25, -0.2) is 4.98 Å². The Kier molecular flexibility index (Phi) is 5.92. The van der Waals surface area contributed by atoms with Crippen LogP contribution in [0.5, 0.6) is 0 Å². The Morgan fingerprint density at radius 3 is 2.00 bits per heavy atom. The van der Waals surface area contributed by atoms with Gasteiger partial charge in [0.05, 0.1) is 11.0 Å². The van der Waals surface area contributed by atoms with Gasteiger partial charge in [0.15, 0.2) is 5.82 Å². The smallest absolute Gasteiger partial charge is 0.173 e. The number of nitrogens with zero attached hydrogens (tertiary/aromatic N) is 3. The Labute approximate surface area is 278 Å². The number of fused-ring (bicyclic) bond motifs is 7. The van der Waals surface area contributed by atoms with E-state index in [1.807, 2.05) is 11.3 Å². The van der Waals surface area contributed by atoms with Crippen molar-refractivity contribution in [3.05, 3.63) is 152 Å². The summed E-state index contributed by atoms with van der Waals surface area (Å²) in [5, 5.41) is 8.49. The van der Waals surface area contributed by atoms with Crippen molar-refractivity contribution >= 4 is 75.6 Å². The van der Waals surface area contributed by atoms with Crippen LogP contribution in [0.2, 0.25) is 0 Å². The third-order valence-corrected chi connectivity index (χ3v) is 11.1. The number of hydrogen-bond acceptors (Lipinski definition) is 4. The summed E-state index contributed by atoms with van der Waals surface area (Å²) in [7, 11) is 0. The fourth-order valence-corrected chi connectivity index (χ4v) is 8.65. The fourth-order valence-electron chi connectivity index (χ4n) is 6.88. The molecule has 0 saturated carbocycles. The highest BCUT2D eigenvalue weighted by Gasteiger charge is 2.15. The second kappa shape index (κ2) is 10.5. The first-order valence-electron chi connectivity index (χ1n) is 15.7. The van der Waals surface area contributed by atoms with Gasteiger partial charge in [0.1, 0.15) is 5.01 Å². The molecule has 7 aromatic carbocycles. The molecule has 5 heteroatoms. The molecule has 3 aromatic heterocycles. The molecular weight excluding hydrogens is 611 g/mol. The van der Waals surface area contributed by atoms with Crippen molar-refractivity contribution in [2.45, 2.75) is 0 Å². The van der Waals surface area contributed by atoms with Crippen LogP contribution in [0, 0.1) is 0 Å². The third-order valence-electron chi connectivity index (χ3n) is 9.19. The SMILES string of the molecule is c1ccc2cc(-c3nsc(-c4ccc(-n5c6ccccc6c6cc(-c7ccc8sc9ccccc9c8c7)ccc65)cc4)n3)ccc2c1. The van der Waals surface area contributed by atoms with E-state index in [-0.39, 0.29) is 0 Å². The molecule has 0 aliphatic heterocycles. The molecular formula is C42H25N3S2. The van der Waals surface area contributed by atoms with Crippen LogP contribution in [0.4, 0.5) is 0 Å². The van der Waals surface area contributed by atoms with E-state index in [1.54, 1.807) is 0 Å². The zero-order valence-electron chi connectivity index (χ0n) is 25.1. The highest BCUT2D eigenvalue weighted by atomic mass is 32.1. The molecule has 0 saturated heterocycles. The van der Waals surface area contributed by atoms with E-state index in [0.29, 0.717) is 0 Å². The molecule has 0 atom stereocenters. The number of aromatic nitrogens is 3. The molecule has 3 heterocycles. The zero-order valence-corrected chi connectivity index (χ0v) is 26.7. The van der Waals surface area contributed by atoms with Crippen LogP contribution in [0.25, 0.3) is 91.5 Å². The quantitative estimate of drug-likeness (QED) is 0.193. The molecule has 47 heavy (non-hydrogen) atoms. The first-order chi connectivity index (χ1) is 23.3. The van der Waals surface area contributed by atoms with Crippen molar-refractivity contribution in [2.24, 2.45) is 0 Å². The maximum atomic E-state index is 4.92. The lowest BCUT2D eigenvalue weighted by atomic mass is 10.0. The van der Waals surface area contributed by atoms with Crippen molar-refractivity contribution in [1.29, 1.82) is 0 Å². The average Bonchev–Trinajstić information content (AvgIpc) is 3.86. The second-order valence-electron chi connectivity index (χ2n) is 11.9. The van der Waals surface area contributed by atoms with E-state index in [1.165, 1.54) is 75.4 Å². The summed E-state index contributed by atoms with van der Waals surface area (Å²) in [6, 6.07) is 54.7. The largest absolute Gasteiger partial charge is 0.309 e. The van der Waals surface area contributed by atoms with Crippen LogP contribution in [-0.2, 0) is 0 Å². The Morgan fingerprint density at radius 1 is 0.447 bits per heavy atom. The van der Waals surface area contributed by atoms with Crippen molar-refractivity contribution in [1.82, 2.24) is 13.9 Å². The minimum atomic E-state index is 0.768. The van der Waals surface area contributed by atoms with Crippen molar-refractivity contribution in [3.8, 4) is 38.8 Å². The zero-order chi connectivity index (χ0) is 30.9. The van der Waals surface area contributed by atoms with Crippen LogP contribution < -0.4 is 0 Å². The van der Waals surface area contributed by atoms with Gasteiger partial charge in [0.2, 0.25) is 0 Å². The molecule has 0 N–H and O–H groups in total. The van der Waals surface area contributed by atoms with Gasteiger partial charge in [-0.1, -0.05) is 84.9 Å². The first kappa shape index (κ1) is 26.6. The Balaban J connectivity index is 1.03. The lowest BCUT2D eigenvalue weighted by molar-refractivity contribution is 1.18. The third kappa shape index (κ3) is 4.32. The van der Waals surface area contributed by atoms with E-state index in [4.69, 9.17) is 9.36 Å². The first-order valence-corrected chi connectivity index (χ1v) is 17.2. The van der Waals surface area contributed by atoms with E-state index < -0.39 is 0 Å². The molecule has 3 nitrogen and oxygen atoms in total. The minimum absolute atomic E-state index is 0.768. The molecule has 220 valence electrons. The Morgan fingerprint density at radius 2 is 1.11 bits per heavy atom. The van der Waals surface area contributed by atoms with E-state index >= 15 is 0 Å². The molecule has 0 radical (unpaired) electrons. The molecule has 0 aliphatic rings. The van der Waals surface area contributed by atoms with Gasteiger partial charge >= 0.3 is 0 Å². The van der Waals surface area contributed by atoms with Gasteiger partial charge in [-0.15, -0.1) is 11.3 Å². The molecule has 0 unspecified atom stereocenters. The fraction of sp³-hybridized carbons (Fsp3) is 0. The monoisotopic (exact) mass is 635 g/mol. The number of hydrogen-bond donors (Lipinski definition) is 0. The van der Waals surface area contributed by atoms with Crippen LogP contribution in [0.3, 0.4) is 0 Å². The summed E-state index contributed by atoms with van der Waals surface area (Å²) in [5.74, 6) is 0.768. The number of rotatable bonds is 4. The van der Waals surface area contributed by atoms with Crippen molar-refractivity contribution in [2.75, 3.05) is 0 Å². The normalized spacial score (nSPS) is 11.8. The van der Waals surface area contributed by atoms with Gasteiger partial charge in [0, 0.05) is 47.8 Å². The van der Waals surface area contributed by atoms with E-state index in [2.05, 4.69) is 156 Å². The minimum Gasteiger partial charge on any atom is -0.309 e. The summed E-state index contributed by atoms with van der Waals surface area (Å²) in [6.07, 6.45) is 0. The molecule has 0 bridgehead atoms. The van der Waals surface area contributed by atoms with Crippen molar-refractivity contribution < 1.29 is 0 Å². The maximum absolute atomic E-state index is 4.92. The highest BCUT2D eigenvalue weighted by molar-refractivity contribution is 7.25. The van der Waals surface area contributed by atoms with Crippen LogP contribution >= 0.6 is 22.9 Å². The summed E-state index contributed by atoms with van der Waals surface area (Å²) in [6.45, 7) is 0. The predicted octanol–water partition coefficient (Wildman–Crippen LogP) is 12.2. The van der Waals surface area contributed by atoms with Crippen molar-refractivity contribution in [3.63, 3.8) is 0 Å². The molecule has 0 aliphatic carbocycles. The Bertz CT molecular complexity index is 2800. The molecule has 0 fully saturated rings. The number of thiophene rings is 1. The molecule has 10 rings (SSSR count). The lowest BCUT2D eigenvalue weighted by Crippen LogP contribution is -1.93. The maximum Gasteiger partial charge on any atom is 0.173 e. The van der Waals surface area contributed by atoms with Gasteiger partial charge in [-0.3, -0.25) is 0 Å². The lowest BCUT2D eigenvalue weighted by Gasteiger charge is -2.09.